The highest BCUT2D eigenvalue weighted by Crippen LogP contribution is 2.26. The number of hydrogen-bond donors (Lipinski definition) is 0. The van der Waals surface area contributed by atoms with Crippen LogP contribution in [0.15, 0.2) is 29.2 Å². The summed E-state index contributed by atoms with van der Waals surface area (Å²) in [6, 6.07) is 7.61. The normalized spacial score (nSPS) is 20.0. The van der Waals surface area contributed by atoms with Crippen molar-refractivity contribution in [2.75, 3.05) is 0 Å². The molecule has 6 heteroatoms. The third-order valence-electron chi connectivity index (χ3n) is 2.66. The van der Waals surface area contributed by atoms with Gasteiger partial charge in [-0.05, 0) is 25.0 Å². The van der Waals surface area contributed by atoms with Crippen LogP contribution in [0.4, 0.5) is 0 Å². The van der Waals surface area contributed by atoms with Crippen LogP contribution in [0.1, 0.15) is 19.4 Å². The van der Waals surface area contributed by atoms with E-state index in [-0.39, 0.29) is 17.9 Å². The van der Waals surface area contributed by atoms with Gasteiger partial charge in [-0.2, -0.15) is 4.97 Å². The van der Waals surface area contributed by atoms with Crippen LogP contribution in [0.2, 0.25) is 0 Å². The first-order chi connectivity index (χ1) is 8.58. The van der Waals surface area contributed by atoms with Crippen molar-refractivity contribution in [2.45, 2.75) is 31.7 Å². The second-order valence-electron chi connectivity index (χ2n) is 4.56. The smallest absolute Gasteiger partial charge is 0.510 e. The van der Waals surface area contributed by atoms with Crippen LogP contribution in [-0.2, 0) is 13.7 Å². The van der Waals surface area contributed by atoms with E-state index < -0.39 is 0 Å². The summed E-state index contributed by atoms with van der Waals surface area (Å²) in [5.74, 6) is -0.135. The highest BCUT2D eigenvalue weighted by molar-refractivity contribution is 7.94. The van der Waals surface area contributed by atoms with Crippen molar-refractivity contribution < 1.29 is 13.7 Å². The van der Waals surface area contributed by atoms with Crippen molar-refractivity contribution in [3.8, 4) is 0 Å². The lowest BCUT2D eigenvalue weighted by atomic mass is 10.0. The summed E-state index contributed by atoms with van der Waals surface area (Å²) < 4.78 is 10.4. The minimum absolute atomic E-state index is 0.134. The second kappa shape index (κ2) is 5.78. The van der Waals surface area contributed by atoms with E-state index in [1.807, 2.05) is 45.0 Å². The Labute approximate surface area is 112 Å². The number of rotatable bonds is 4. The van der Waals surface area contributed by atoms with Crippen LogP contribution >= 0.6 is 12.0 Å². The molecule has 1 saturated heterocycles. The summed E-state index contributed by atoms with van der Waals surface area (Å²) in [4.78, 5) is 13.9. The molecule has 18 heavy (non-hydrogen) atoms. The van der Waals surface area contributed by atoms with E-state index in [1.165, 1.54) is 30.2 Å². The van der Waals surface area contributed by atoms with Gasteiger partial charge in [0.15, 0.2) is 0 Å². The Bertz CT molecular complexity index is 424. The van der Waals surface area contributed by atoms with Gasteiger partial charge in [-0.15, -0.1) is 0 Å². The van der Waals surface area contributed by atoms with Crippen molar-refractivity contribution in [3.63, 3.8) is 0 Å². The SMILES string of the molecule is Cc1ccc(SON2[B]OC(=O)C2C(C)C)cc1. The molecule has 95 valence electrons. The minimum Gasteiger partial charge on any atom is -0.519 e. The van der Waals surface area contributed by atoms with Gasteiger partial charge in [0.2, 0.25) is 0 Å². The predicted octanol–water partition coefficient (Wildman–Crippen LogP) is 2.35. The van der Waals surface area contributed by atoms with Gasteiger partial charge >= 0.3 is 13.6 Å². The lowest BCUT2D eigenvalue weighted by Crippen LogP contribution is -2.36. The van der Waals surface area contributed by atoms with E-state index in [1.54, 1.807) is 0 Å². The first-order valence-corrected chi connectivity index (χ1v) is 6.55. The van der Waals surface area contributed by atoms with Crippen molar-refractivity contribution in [3.05, 3.63) is 29.8 Å². The molecule has 1 aliphatic rings. The molecule has 2 rings (SSSR count). The number of carbonyl (C=O) groups excluding carboxylic acids is 1. The summed E-state index contributed by atoms with van der Waals surface area (Å²) in [6.45, 7) is 5.95. The topological polar surface area (TPSA) is 38.8 Å². The van der Waals surface area contributed by atoms with Gasteiger partial charge < -0.3 is 4.65 Å². The zero-order valence-corrected chi connectivity index (χ0v) is 11.4. The van der Waals surface area contributed by atoms with E-state index in [0.717, 1.165) is 4.90 Å². The van der Waals surface area contributed by atoms with Gasteiger partial charge in [-0.3, -0.25) is 4.79 Å². The van der Waals surface area contributed by atoms with Gasteiger partial charge in [-0.25, -0.2) is 4.28 Å². The maximum Gasteiger partial charge on any atom is 0.510 e. The van der Waals surface area contributed by atoms with Crippen molar-refractivity contribution in [1.29, 1.82) is 0 Å². The Morgan fingerprint density at radius 1 is 1.39 bits per heavy atom. The molecule has 0 amide bonds. The van der Waals surface area contributed by atoms with E-state index in [0.29, 0.717) is 0 Å². The molecular weight excluding hydrogens is 249 g/mol. The molecule has 1 aromatic carbocycles. The molecule has 0 aromatic heterocycles. The fourth-order valence-corrected chi connectivity index (χ4v) is 2.20. The van der Waals surface area contributed by atoms with Gasteiger partial charge in [0, 0.05) is 4.90 Å². The molecule has 1 aliphatic heterocycles. The van der Waals surface area contributed by atoms with Gasteiger partial charge in [0.1, 0.15) is 6.04 Å². The Kier molecular flexibility index (Phi) is 4.32. The molecule has 0 spiro atoms. The second-order valence-corrected chi connectivity index (χ2v) is 5.35. The van der Waals surface area contributed by atoms with Crippen LogP contribution in [-0.4, -0.2) is 24.6 Å². The van der Waals surface area contributed by atoms with Crippen molar-refractivity contribution in [2.24, 2.45) is 5.92 Å². The molecule has 1 radical (unpaired) electrons. The summed E-state index contributed by atoms with van der Waals surface area (Å²) >= 11 is 1.21. The molecule has 4 nitrogen and oxygen atoms in total. The average molecular weight is 264 g/mol. The van der Waals surface area contributed by atoms with Crippen molar-refractivity contribution in [1.82, 2.24) is 4.97 Å². The van der Waals surface area contributed by atoms with Gasteiger partial charge in [0.25, 0.3) is 0 Å². The maximum absolute atomic E-state index is 11.5. The number of carbonyl (C=O) groups is 1. The van der Waals surface area contributed by atoms with E-state index in [2.05, 4.69) is 0 Å². The van der Waals surface area contributed by atoms with Gasteiger partial charge in [-0.1, -0.05) is 31.5 Å². The standard InChI is InChI=1S/C12H15BNO3S/c1-8(2)11-12(15)16-13-14(11)17-18-10-6-4-9(3)5-7-10/h4-8,11H,1-3H3. The van der Waals surface area contributed by atoms with Crippen molar-refractivity contribution >= 4 is 25.6 Å². The van der Waals surface area contributed by atoms with Crippen LogP contribution < -0.4 is 0 Å². The number of benzene rings is 1. The van der Waals surface area contributed by atoms with Crippen LogP contribution in [0.25, 0.3) is 0 Å². The molecule has 1 fully saturated rings. The summed E-state index contributed by atoms with van der Waals surface area (Å²) in [5.41, 5.74) is 1.20. The molecule has 0 saturated carbocycles. The molecule has 1 heterocycles. The first-order valence-electron chi connectivity index (χ1n) is 5.81. The Morgan fingerprint density at radius 3 is 2.67 bits per heavy atom. The molecule has 1 aromatic rings. The quantitative estimate of drug-likeness (QED) is 0.616. The molecule has 0 aliphatic carbocycles. The molecule has 0 N–H and O–H groups in total. The number of aryl methyl sites for hydroxylation is 1. The monoisotopic (exact) mass is 264 g/mol. The molecule has 0 bridgehead atoms. The van der Waals surface area contributed by atoms with Crippen LogP contribution in [0.5, 0.6) is 0 Å². The summed E-state index contributed by atoms with van der Waals surface area (Å²) in [7, 11) is 1.33. The summed E-state index contributed by atoms with van der Waals surface area (Å²) in [5, 5.41) is 0. The minimum atomic E-state index is -0.372. The number of nitrogens with zero attached hydrogens (tertiary/aromatic N) is 1. The number of hydroxylamine groups is 1. The van der Waals surface area contributed by atoms with Crippen LogP contribution in [0, 0.1) is 12.8 Å². The maximum atomic E-state index is 11.5. The van der Waals surface area contributed by atoms with Gasteiger partial charge in [0.05, 0.1) is 12.0 Å². The Hall–Kier alpha value is -0.975. The number of hydrogen-bond acceptors (Lipinski definition) is 5. The fourth-order valence-electron chi connectivity index (χ4n) is 1.65. The zero-order chi connectivity index (χ0) is 13.1. The first kappa shape index (κ1) is 13.5. The van der Waals surface area contributed by atoms with Crippen LogP contribution in [0.3, 0.4) is 0 Å². The van der Waals surface area contributed by atoms with E-state index >= 15 is 0 Å². The molecule has 1 unspecified atom stereocenters. The lowest BCUT2D eigenvalue weighted by Gasteiger charge is -2.20. The molecule has 1 atom stereocenters. The molecular formula is C12H15BNO3S. The predicted molar refractivity (Wildman–Crippen MR) is 70.4 cm³/mol. The largest absolute Gasteiger partial charge is 0.519 e. The third-order valence-corrected chi connectivity index (χ3v) is 3.37. The van der Waals surface area contributed by atoms with E-state index in [4.69, 9.17) is 8.94 Å². The highest BCUT2D eigenvalue weighted by Gasteiger charge is 2.40. The Balaban J connectivity index is 1.93. The average Bonchev–Trinajstić information content (AvgIpc) is 2.70. The lowest BCUT2D eigenvalue weighted by molar-refractivity contribution is -0.138. The fraction of sp³-hybridized carbons (Fsp3) is 0.417. The zero-order valence-electron chi connectivity index (χ0n) is 10.6. The Morgan fingerprint density at radius 2 is 2.06 bits per heavy atom. The highest BCUT2D eigenvalue weighted by atomic mass is 32.2. The van der Waals surface area contributed by atoms with E-state index in [9.17, 15) is 4.79 Å². The third kappa shape index (κ3) is 3.07. The summed E-state index contributed by atoms with van der Waals surface area (Å²) in [6.07, 6.45) is 0.